The number of para-hydroxylation sites is 1. The number of ether oxygens (including phenoxy) is 1. The van der Waals surface area contributed by atoms with Gasteiger partial charge in [0.1, 0.15) is 23.7 Å². The summed E-state index contributed by atoms with van der Waals surface area (Å²) >= 11 is 0. The number of aromatic nitrogens is 2. The molecule has 2 rings (SSSR count). The molecule has 0 unspecified atom stereocenters. The van der Waals surface area contributed by atoms with E-state index in [1.165, 1.54) is 5.56 Å². The first-order valence-electron chi connectivity index (χ1n) is 7.75. The SMILES string of the molecule is COc1ccccc1CCNc1cc(NCCN(C)C)ncn1. The second-order valence-corrected chi connectivity index (χ2v) is 5.51. The van der Waals surface area contributed by atoms with Crippen molar-refractivity contribution in [3.8, 4) is 5.75 Å². The van der Waals surface area contributed by atoms with E-state index in [-0.39, 0.29) is 0 Å². The molecule has 6 heteroatoms. The lowest BCUT2D eigenvalue weighted by Gasteiger charge is -2.12. The molecule has 1 aromatic heterocycles. The highest BCUT2D eigenvalue weighted by Gasteiger charge is 2.02. The van der Waals surface area contributed by atoms with E-state index in [0.717, 1.165) is 43.4 Å². The Bertz CT molecular complexity index is 603. The normalized spacial score (nSPS) is 10.6. The third-order valence-corrected chi connectivity index (χ3v) is 3.43. The van der Waals surface area contributed by atoms with Crippen molar-refractivity contribution in [3.63, 3.8) is 0 Å². The summed E-state index contributed by atoms with van der Waals surface area (Å²) in [6.07, 6.45) is 2.45. The van der Waals surface area contributed by atoms with Gasteiger partial charge in [0.2, 0.25) is 0 Å². The maximum Gasteiger partial charge on any atom is 0.131 e. The molecule has 0 fully saturated rings. The van der Waals surface area contributed by atoms with Gasteiger partial charge in [-0.05, 0) is 32.1 Å². The van der Waals surface area contributed by atoms with Crippen LogP contribution in [0.15, 0.2) is 36.7 Å². The van der Waals surface area contributed by atoms with Crippen molar-refractivity contribution in [2.45, 2.75) is 6.42 Å². The summed E-state index contributed by atoms with van der Waals surface area (Å²) in [4.78, 5) is 10.6. The van der Waals surface area contributed by atoms with Crippen LogP contribution < -0.4 is 15.4 Å². The van der Waals surface area contributed by atoms with E-state index in [9.17, 15) is 0 Å². The van der Waals surface area contributed by atoms with Crippen LogP contribution in [0.25, 0.3) is 0 Å². The molecule has 0 radical (unpaired) electrons. The molecule has 0 saturated carbocycles. The van der Waals surface area contributed by atoms with Gasteiger partial charge < -0.3 is 20.3 Å². The van der Waals surface area contributed by atoms with Gasteiger partial charge in [-0.15, -0.1) is 0 Å². The molecule has 124 valence electrons. The number of nitrogens with zero attached hydrogens (tertiary/aromatic N) is 3. The maximum absolute atomic E-state index is 5.36. The molecule has 0 spiro atoms. The van der Waals surface area contributed by atoms with Gasteiger partial charge in [-0.2, -0.15) is 0 Å². The smallest absolute Gasteiger partial charge is 0.131 e. The Hall–Kier alpha value is -2.34. The molecular weight excluding hydrogens is 290 g/mol. The van der Waals surface area contributed by atoms with Crippen LogP contribution in [0.4, 0.5) is 11.6 Å². The molecule has 1 aromatic carbocycles. The van der Waals surface area contributed by atoms with E-state index >= 15 is 0 Å². The molecule has 1 heterocycles. The lowest BCUT2D eigenvalue weighted by atomic mass is 10.1. The van der Waals surface area contributed by atoms with Gasteiger partial charge in [-0.3, -0.25) is 0 Å². The van der Waals surface area contributed by atoms with E-state index in [2.05, 4.69) is 31.6 Å². The zero-order valence-electron chi connectivity index (χ0n) is 14.0. The summed E-state index contributed by atoms with van der Waals surface area (Å²) in [5, 5.41) is 6.62. The lowest BCUT2D eigenvalue weighted by Crippen LogP contribution is -2.21. The zero-order chi connectivity index (χ0) is 16.5. The van der Waals surface area contributed by atoms with Crippen LogP contribution in [0.1, 0.15) is 5.56 Å². The zero-order valence-corrected chi connectivity index (χ0v) is 14.0. The number of rotatable bonds is 9. The van der Waals surface area contributed by atoms with Crippen LogP contribution in [0.5, 0.6) is 5.75 Å². The van der Waals surface area contributed by atoms with Crippen LogP contribution >= 0.6 is 0 Å². The first-order chi connectivity index (χ1) is 11.2. The molecule has 0 aliphatic rings. The van der Waals surface area contributed by atoms with E-state index in [1.807, 2.05) is 38.4 Å². The summed E-state index contributed by atoms with van der Waals surface area (Å²) in [7, 11) is 5.79. The predicted octanol–water partition coefficient (Wildman–Crippen LogP) is 2.11. The van der Waals surface area contributed by atoms with Crippen LogP contribution in [0, 0.1) is 0 Å². The van der Waals surface area contributed by atoms with Gasteiger partial charge >= 0.3 is 0 Å². The van der Waals surface area contributed by atoms with E-state index in [0.29, 0.717) is 0 Å². The summed E-state index contributed by atoms with van der Waals surface area (Å²) in [5.74, 6) is 2.58. The predicted molar refractivity (Wildman–Crippen MR) is 94.3 cm³/mol. The monoisotopic (exact) mass is 315 g/mol. The summed E-state index contributed by atoms with van der Waals surface area (Å²) < 4.78 is 5.36. The van der Waals surface area contributed by atoms with E-state index in [1.54, 1.807) is 13.4 Å². The minimum absolute atomic E-state index is 0.786. The molecule has 23 heavy (non-hydrogen) atoms. The average Bonchev–Trinajstić information content (AvgIpc) is 2.55. The number of methoxy groups -OCH3 is 1. The van der Waals surface area contributed by atoms with Gasteiger partial charge in [0.05, 0.1) is 7.11 Å². The second kappa shape index (κ2) is 8.95. The topological polar surface area (TPSA) is 62.3 Å². The Morgan fingerprint density at radius 2 is 1.74 bits per heavy atom. The van der Waals surface area contributed by atoms with Crippen LogP contribution in [0.2, 0.25) is 0 Å². The Morgan fingerprint density at radius 3 is 2.43 bits per heavy atom. The van der Waals surface area contributed by atoms with Gasteiger partial charge in [0, 0.05) is 25.7 Å². The molecule has 6 nitrogen and oxygen atoms in total. The number of benzene rings is 1. The second-order valence-electron chi connectivity index (χ2n) is 5.51. The number of nitrogens with one attached hydrogen (secondary N) is 2. The van der Waals surface area contributed by atoms with Crippen molar-refractivity contribution in [2.24, 2.45) is 0 Å². The van der Waals surface area contributed by atoms with Crippen molar-refractivity contribution in [3.05, 3.63) is 42.2 Å². The molecule has 2 N–H and O–H groups in total. The standard InChI is InChI=1S/C17H25N5O/c1-22(2)11-10-19-17-12-16(20-13-21-17)18-9-8-14-6-4-5-7-15(14)23-3/h4-7,12-13H,8-11H2,1-3H3,(H2,18,19,20,21). The van der Waals surface area contributed by atoms with Gasteiger partial charge in [-0.25, -0.2) is 9.97 Å². The minimum atomic E-state index is 0.786. The Balaban J connectivity index is 1.83. The van der Waals surface area contributed by atoms with E-state index < -0.39 is 0 Å². The lowest BCUT2D eigenvalue weighted by molar-refractivity contribution is 0.410. The number of anilines is 2. The first kappa shape index (κ1) is 17.0. The highest BCUT2D eigenvalue weighted by Crippen LogP contribution is 2.18. The highest BCUT2D eigenvalue weighted by molar-refractivity contribution is 5.46. The van der Waals surface area contributed by atoms with Gasteiger partial charge in [0.15, 0.2) is 0 Å². The Labute approximate surface area is 137 Å². The molecule has 0 saturated heterocycles. The quantitative estimate of drug-likeness (QED) is 0.739. The Morgan fingerprint density at radius 1 is 1.04 bits per heavy atom. The molecule has 0 aliphatic carbocycles. The molecule has 0 aliphatic heterocycles. The van der Waals surface area contributed by atoms with Crippen molar-refractivity contribution < 1.29 is 4.74 Å². The molecule has 0 bridgehead atoms. The summed E-state index contributed by atoms with van der Waals surface area (Å²) in [5.41, 5.74) is 1.18. The van der Waals surface area contributed by atoms with Crippen molar-refractivity contribution in [2.75, 3.05) is 51.5 Å². The third kappa shape index (κ3) is 5.75. The third-order valence-electron chi connectivity index (χ3n) is 3.43. The minimum Gasteiger partial charge on any atom is -0.496 e. The number of likely N-dealkylation sites (N-methyl/N-ethyl adjacent to an activating group) is 1. The molecule has 0 atom stereocenters. The molecule has 0 amide bonds. The fraction of sp³-hybridized carbons (Fsp3) is 0.412. The molecule has 2 aromatic rings. The molecular formula is C17H25N5O. The van der Waals surface area contributed by atoms with Gasteiger partial charge in [-0.1, -0.05) is 18.2 Å². The fourth-order valence-electron chi connectivity index (χ4n) is 2.19. The largest absolute Gasteiger partial charge is 0.496 e. The number of hydrogen-bond donors (Lipinski definition) is 2. The number of hydrogen-bond acceptors (Lipinski definition) is 6. The van der Waals surface area contributed by atoms with Crippen LogP contribution in [-0.4, -0.2) is 55.7 Å². The van der Waals surface area contributed by atoms with Gasteiger partial charge in [0.25, 0.3) is 0 Å². The van der Waals surface area contributed by atoms with Crippen molar-refractivity contribution in [1.29, 1.82) is 0 Å². The average molecular weight is 315 g/mol. The van der Waals surface area contributed by atoms with Crippen molar-refractivity contribution >= 4 is 11.6 Å². The highest BCUT2D eigenvalue weighted by atomic mass is 16.5. The van der Waals surface area contributed by atoms with Crippen molar-refractivity contribution in [1.82, 2.24) is 14.9 Å². The van der Waals surface area contributed by atoms with Crippen LogP contribution in [0.3, 0.4) is 0 Å². The maximum atomic E-state index is 5.36. The summed E-state index contributed by atoms with van der Waals surface area (Å²) in [6.45, 7) is 2.60. The first-order valence-corrected chi connectivity index (χ1v) is 7.75. The Kier molecular flexibility index (Phi) is 6.62. The van der Waals surface area contributed by atoms with E-state index in [4.69, 9.17) is 4.74 Å². The summed E-state index contributed by atoms with van der Waals surface area (Å²) in [6, 6.07) is 9.99. The van der Waals surface area contributed by atoms with Crippen LogP contribution in [-0.2, 0) is 6.42 Å². The fourth-order valence-corrected chi connectivity index (χ4v) is 2.19.